The van der Waals surface area contributed by atoms with Crippen LogP contribution in [0, 0.1) is 33.5 Å². The minimum absolute atomic E-state index is 0.0398. The highest BCUT2D eigenvalue weighted by Crippen LogP contribution is 2.88. The van der Waals surface area contributed by atoms with Gasteiger partial charge in [-0.1, -0.05) is 73.3 Å². The molecule has 6 rings (SSSR count). The van der Waals surface area contributed by atoms with Crippen molar-refractivity contribution < 1.29 is 32.4 Å². The van der Waals surface area contributed by atoms with Crippen molar-refractivity contribution in [1.29, 1.82) is 0 Å². The third-order valence-corrected chi connectivity index (χ3v) is 15.9. The monoisotopic (exact) mass is 796 g/mol. The number of amides is 5. The number of hydrogen-bond acceptors (Lipinski definition) is 9. The van der Waals surface area contributed by atoms with E-state index in [1.165, 1.54) is 31.7 Å². The third-order valence-electron chi connectivity index (χ3n) is 14.4. The molecule has 1 aliphatic heterocycles. The predicted octanol–water partition coefficient (Wildman–Crippen LogP) is 2.86. The molecular weight excluding hydrogens is 737 g/mol. The van der Waals surface area contributed by atoms with E-state index in [2.05, 4.69) is 51.1 Å². The molecule has 5 amide bonds. The number of carbonyl (C=O) groups excluding carboxylic acids is 5. The number of aromatic nitrogens is 2. The molecule has 6 atom stereocenters. The molecule has 1 aromatic rings. The normalized spacial score (nSPS) is 28.8. The molecule has 0 bridgehead atoms. The van der Waals surface area contributed by atoms with Crippen LogP contribution < -0.4 is 20.7 Å². The van der Waals surface area contributed by atoms with Crippen LogP contribution in [0.5, 0.6) is 0 Å². The maximum Gasteiger partial charge on any atom is 0.303 e. The summed E-state index contributed by atoms with van der Waals surface area (Å²) < 4.78 is 28.9. The van der Waals surface area contributed by atoms with E-state index in [0.29, 0.717) is 13.0 Å². The lowest BCUT2D eigenvalue weighted by atomic mass is 9.73. The first-order valence-electron chi connectivity index (χ1n) is 20.1. The van der Waals surface area contributed by atoms with Gasteiger partial charge < -0.3 is 20.9 Å². The van der Waals surface area contributed by atoms with Crippen molar-refractivity contribution in [3.63, 3.8) is 0 Å². The van der Waals surface area contributed by atoms with Crippen LogP contribution in [0.2, 0.25) is 0 Å². The smallest absolute Gasteiger partial charge is 0.303 e. The Hall–Kier alpha value is -3.92. The van der Waals surface area contributed by atoms with Gasteiger partial charge in [-0.15, -0.1) is 6.58 Å². The fourth-order valence-electron chi connectivity index (χ4n) is 10.4. The van der Waals surface area contributed by atoms with Crippen LogP contribution in [-0.4, -0.2) is 101 Å². The summed E-state index contributed by atoms with van der Waals surface area (Å²) in [6.45, 7) is 15.8. The lowest BCUT2D eigenvalue weighted by Crippen LogP contribution is -2.62. The molecule has 5 fully saturated rings. The van der Waals surface area contributed by atoms with Gasteiger partial charge in [0.15, 0.2) is 0 Å². The fourth-order valence-corrected chi connectivity index (χ4v) is 11.3. The summed E-state index contributed by atoms with van der Waals surface area (Å²) in [7, 11) is -2.82. The Morgan fingerprint density at radius 1 is 1.02 bits per heavy atom. The Morgan fingerprint density at radius 2 is 1.70 bits per heavy atom. The lowest BCUT2D eigenvalue weighted by Gasteiger charge is -2.38. The molecule has 5 aliphatic rings. The molecule has 0 unspecified atom stereocenters. The quantitative estimate of drug-likeness (QED) is 0.217. The summed E-state index contributed by atoms with van der Waals surface area (Å²) in [5, 5.41) is 8.84. The average molecular weight is 797 g/mol. The second-order valence-corrected chi connectivity index (χ2v) is 20.2. The standard InChI is InChI=1S/C40H60N8O7S/c1-9-26-21-40(26,35(53)46-56(54,55)47(8)10-2)45-32(50)28-22-39(37(6,7)38(39)17-14-18-38)24-48(28)34(52)30(36(3,4)5)44-33(51)29(25-15-12-11-13-16-25)43-31(49)27-23-41-19-20-42-27/h9,19-20,23,25-26,28-30H,1,10-18,21-22,24H2,2-8H3,(H,43,49)(H,44,51)(H,45,50)(H,46,53)/t26-,28+,29+,30-,39-,40-/m1/s1. The fraction of sp³-hybridized carbons (Fsp3) is 0.725. The Labute approximate surface area is 331 Å². The van der Waals surface area contributed by atoms with Gasteiger partial charge >= 0.3 is 10.2 Å². The summed E-state index contributed by atoms with van der Waals surface area (Å²) >= 11 is 0. The van der Waals surface area contributed by atoms with Crippen LogP contribution in [0.25, 0.3) is 0 Å². The Kier molecular flexibility index (Phi) is 11.0. The van der Waals surface area contributed by atoms with Gasteiger partial charge in [-0.25, -0.2) is 9.71 Å². The summed E-state index contributed by atoms with van der Waals surface area (Å²) in [6.07, 6.45) is 13.6. The molecule has 2 spiro atoms. The zero-order chi connectivity index (χ0) is 41.1. The molecule has 1 saturated heterocycles. The molecule has 4 saturated carbocycles. The number of fused-ring (bicyclic) bond motifs is 1. The number of nitrogens with one attached hydrogen (secondary N) is 4. The van der Waals surface area contributed by atoms with Crippen LogP contribution >= 0.6 is 0 Å². The summed E-state index contributed by atoms with van der Waals surface area (Å²) in [5.74, 6) is -3.53. The average Bonchev–Trinajstić information content (AvgIpc) is 3.87. The highest BCUT2D eigenvalue weighted by molar-refractivity contribution is 7.87. The van der Waals surface area contributed by atoms with Crippen LogP contribution in [0.4, 0.5) is 0 Å². The van der Waals surface area contributed by atoms with Gasteiger partial charge in [0.2, 0.25) is 17.7 Å². The molecule has 308 valence electrons. The van der Waals surface area contributed by atoms with Gasteiger partial charge in [0.05, 0.1) is 6.20 Å². The molecule has 0 radical (unpaired) electrons. The van der Waals surface area contributed by atoms with Crippen molar-refractivity contribution in [2.24, 2.45) is 33.5 Å². The van der Waals surface area contributed by atoms with Crippen molar-refractivity contribution in [3.05, 3.63) is 36.9 Å². The van der Waals surface area contributed by atoms with Gasteiger partial charge in [-0.05, 0) is 60.7 Å². The van der Waals surface area contributed by atoms with Crippen molar-refractivity contribution in [1.82, 2.24) is 39.8 Å². The highest BCUT2D eigenvalue weighted by Gasteiger charge is 2.85. The number of hydrogen-bond donors (Lipinski definition) is 4. The molecule has 4 aliphatic carbocycles. The molecule has 4 N–H and O–H groups in total. The van der Waals surface area contributed by atoms with E-state index in [-0.39, 0.29) is 40.8 Å². The second-order valence-electron chi connectivity index (χ2n) is 18.4. The number of nitrogens with zero attached hydrogens (tertiary/aromatic N) is 4. The van der Waals surface area contributed by atoms with Gasteiger partial charge in [0.1, 0.15) is 29.4 Å². The molecule has 2 heterocycles. The second kappa shape index (κ2) is 14.8. The number of likely N-dealkylation sites (tertiary alicyclic amines) is 1. The van der Waals surface area contributed by atoms with Gasteiger partial charge in [0.25, 0.3) is 11.8 Å². The first-order chi connectivity index (χ1) is 26.2. The van der Waals surface area contributed by atoms with Gasteiger partial charge in [-0.2, -0.15) is 12.7 Å². The lowest BCUT2D eigenvalue weighted by molar-refractivity contribution is -0.145. The molecule has 1 aromatic heterocycles. The number of carbonyl (C=O) groups is 5. The van der Waals surface area contributed by atoms with E-state index in [1.807, 2.05) is 20.8 Å². The molecular formula is C40H60N8O7S. The molecule has 15 nitrogen and oxygen atoms in total. The maximum atomic E-state index is 15.1. The van der Waals surface area contributed by atoms with Crippen molar-refractivity contribution in [3.8, 4) is 0 Å². The Balaban J connectivity index is 1.29. The van der Waals surface area contributed by atoms with Crippen molar-refractivity contribution in [2.75, 3.05) is 20.1 Å². The van der Waals surface area contributed by atoms with Crippen molar-refractivity contribution in [2.45, 2.75) is 129 Å². The van der Waals surface area contributed by atoms with E-state index >= 15 is 4.79 Å². The zero-order valence-electron chi connectivity index (χ0n) is 33.9. The zero-order valence-corrected chi connectivity index (χ0v) is 34.8. The number of rotatable bonds is 13. The summed E-state index contributed by atoms with van der Waals surface area (Å²) in [6, 6.07) is -2.99. The molecule has 16 heteroatoms. The first-order valence-corrected chi connectivity index (χ1v) is 21.6. The van der Waals surface area contributed by atoms with Crippen LogP contribution in [0.1, 0.15) is 116 Å². The molecule has 56 heavy (non-hydrogen) atoms. The highest BCUT2D eigenvalue weighted by atomic mass is 32.2. The minimum Gasteiger partial charge on any atom is -0.342 e. The van der Waals surface area contributed by atoms with Crippen LogP contribution in [0.15, 0.2) is 31.2 Å². The topological polar surface area (TPSA) is 200 Å². The first kappa shape index (κ1) is 41.7. The van der Waals surface area contributed by atoms with Crippen LogP contribution in [-0.2, 0) is 29.4 Å². The molecule has 0 aromatic carbocycles. The maximum absolute atomic E-state index is 15.1. The Morgan fingerprint density at radius 3 is 2.21 bits per heavy atom. The van der Waals surface area contributed by atoms with E-state index in [9.17, 15) is 27.6 Å². The SMILES string of the molecule is C=C[C@@H]1C[C@]1(NC(=O)[C@@H]1C[C@@]2(CN1C(=O)[C@@H](NC(=O)[C@@H](NC(=O)c1cnccn1)C1CCCCC1)C(C)(C)C)C(C)(C)C21CCC1)C(=O)NS(=O)(=O)N(C)CC. The van der Waals surface area contributed by atoms with Gasteiger partial charge in [0, 0.05) is 43.9 Å². The summed E-state index contributed by atoms with van der Waals surface area (Å²) in [5.41, 5.74) is -2.85. The minimum atomic E-state index is -4.17. The van der Waals surface area contributed by atoms with E-state index < -0.39 is 74.7 Å². The summed E-state index contributed by atoms with van der Waals surface area (Å²) in [4.78, 5) is 80.8. The van der Waals surface area contributed by atoms with Crippen molar-refractivity contribution >= 4 is 39.7 Å². The largest absolute Gasteiger partial charge is 0.342 e. The Bertz CT molecular complexity index is 1860. The van der Waals surface area contributed by atoms with Gasteiger partial charge in [-0.3, -0.25) is 29.0 Å². The van der Waals surface area contributed by atoms with E-state index in [0.717, 1.165) is 55.7 Å². The third kappa shape index (κ3) is 6.92. The van der Waals surface area contributed by atoms with E-state index in [4.69, 9.17) is 0 Å². The van der Waals surface area contributed by atoms with Crippen LogP contribution in [0.3, 0.4) is 0 Å². The van der Waals surface area contributed by atoms with E-state index in [1.54, 1.807) is 11.8 Å². The predicted molar refractivity (Wildman–Crippen MR) is 208 cm³/mol.